The molecular weight excluding hydrogens is 517 g/mol. The Morgan fingerprint density at radius 3 is 1.74 bits per heavy atom. The normalized spacial score (nSPS) is 17.2. The molecule has 2 atom stereocenters. The number of carbonyl (C=O) groups excluding carboxylic acids is 1. The van der Waals surface area contributed by atoms with E-state index in [4.69, 9.17) is 18.5 Å². The molecule has 1 fully saturated rings. The van der Waals surface area contributed by atoms with Crippen LogP contribution in [0.4, 0.5) is 0 Å². The predicted octanol–water partition coefficient (Wildman–Crippen LogP) is 7.57. The molecule has 0 amide bonds. The van der Waals surface area contributed by atoms with Crippen LogP contribution in [0.2, 0.25) is 0 Å². The SMILES string of the molecule is CCCCCCCCCCCCCCCCCCOC[C@H](COP(=O)(O)OCC[N+]1(C)CCCC1)OC(C)=O. The Labute approximate surface area is 239 Å². The van der Waals surface area contributed by atoms with Crippen LogP contribution < -0.4 is 0 Å². The van der Waals surface area contributed by atoms with E-state index in [2.05, 4.69) is 14.0 Å². The summed E-state index contributed by atoms with van der Waals surface area (Å²) < 4.78 is 34.2. The van der Waals surface area contributed by atoms with Crippen LogP contribution in [0.15, 0.2) is 0 Å². The van der Waals surface area contributed by atoms with E-state index in [1.807, 2.05) is 0 Å². The molecule has 0 aliphatic carbocycles. The number of phosphoric acid groups is 1. The van der Waals surface area contributed by atoms with Gasteiger partial charge in [-0.15, -0.1) is 0 Å². The lowest BCUT2D eigenvalue weighted by Gasteiger charge is -2.29. The van der Waals surface area contributed by atoms with Crippen LogP contribution in [-0.2, 0) is 27.9 Å². The number of likely N-dealkylation sites (tertiary alicyclic amines) is 1. The zero-order valence-electron chi connectivity index (χ0n) is 25.5. The fraction of sp³-hybridized carbons (Fsp3) is 0.967. The molecule has 1 aliphatic heterocycles. The highest BCUT2D eigenvalue weighted by molar-refractivity contribution is 7.47. The summed E-state index contributed by atoms with van der Waals surface area (Å²) in [7, 11) is -2.08. The first-order chi connectivity index (χ1) is 18.8. The summed E-state index contributed by atoms with van der Waals surface area (Å²) >= 11 is 0. The summed E-state index contributed by atoms with van der Waals surface area (Å²) in [5, 5.41) is 0. The Morgan fingerprint density at radius 1 is 0.769 bits per heavy atom. The smallest absolute Gasteiger partial charge is 0.458 e. The molecular formula is C30H61NO7P+. The Morgan fingerprint density at radius 2 is 1.26 bits per heavy atom. The van der Waals surface area contributed by atoms with Gasteiger partial charge in [-0.2, -0.15) is 0 Å². The number of likely N-dealkylation sites (N-methyl/N-ethyl adjacent to an activating group) is 1. The van der Waals surface area contributed by atoms with Crippen LogP contribution in [0.3, 0.4) is 0 Å². The van der Waals surface area contributed by atoms with Crippen molar-refractivity contribution in [3.8, 4) is 0 Å². The number of ether oxygens (including phenoxy) is 2. The number of rotatable bonds is 27. The summed E-state index contributed by atoms with van der Waals surface area (Å²) in [5.41, 5.74) is 0. The Balaban J connectivity index is 1.99. The van der Waals surface area contributed by atoms with E-state index < -0.39 is 19.9 Å². The summed E-state index contributed by atoms with van der Waals surface area (Å²) in [6, 6.07) is 0. The number of nitrogens with zero attached hydrogens (tertiary/aromatic N) is 1. The molecule has 0 aromatic carbocycles. The quantitative estimate of drug-likeness (QED) is 0.0465. The number of hydrogen-bond donors (Lipinski definition) is 1. The number of quaternary nitrogens is 1. The van der Waals surface area contributed by atoms with Crippen LogP contribution in [0, 0.1) is 0 Å². The molecule has 1 saturated heterocycles. The van der Waals surface area contributed by atoms with Gasteiger partial charge in [0.05, 0.1) is 33.4 Å². The van der Waals surface area contributed by atoms with Crippen LogP contribution >= 0.6 is 7.82 Å². The molecule has 0 bridgehead atoms. The number of hydrogen-bond acceptors (Lipinski definition) is 6. The second-order valence-electron chi connectivity index (χ2n) is 11.7. The van der Waals surface area contributed by atoms with E-state index in [9.17, 15) is 14.3 Å². The molecule has 1 unspecified atom stereocenters. The maximum Gasteiger partial charge on any atom is 0.472 e. The molecule has 39 heavy (non-hydrogen) atoms. The summed E-state index contributed by atoms with van der Waals surface area (Å²) in [6.07, 6.45) is 22.7. The van der Waals surface area contributed by atoms with Crippen molar-refractivity contribution >= 4 is 13.8 Å². The van der Waals surface area contributed by atoms with Gasteiger partial charge in [-0.25, -0.2) is 4.57 Å². The van der Waals surface area contributed by atoms with Crippen molar-refractivity contribution in [2.24, 2.45) is 0 Å². The van der Waals surface area contributed by atoms with E-state index >= 15 is 0 Å². The van der Waals surface area contributed by atoms with E-state index in [0.717, 1.165) is 30.4 Å². The first-order valence-corrected chi connectivity index (χ1v) is 17.5. The van der Waals surface area contributed by atoms with Gasteiger partial charge < -0.3 is 18.9 Å². The number of unbranched alkanes of at least 4 members (excludes halogenated alkanes) is 15. The largest absolute Gasteiger partial charge is 0.472 e. The van der Waals surface area contributed by atoms with Crippen LogP contribution in [0.1, 0.15) is 129 Å². The Bertz CT molecular complexity index is 643. The monoisotopic (exact) mass is 578 g/mol. The van der Waals surface area contributed by atoms with Gasteiger partial charge in [-0.05, 0) is 6.42 Å². The number of phosphoric ester groups is 1. The molecule has 0 aromatic heterocycles. The molecule has 8 nitrogen and oxygen atoms in total. The molecule has 1 aliphatic rings. The highest BCUT2D eigenvalue weighted by atomic mass is 31.2. The molecule has 0 spiro atoms. The van der Waals surface area contributed by atoms with Gasteiger partial charge in [-0.1, -0.05) is 103 Å². The zero-order valence-corrected chi connectivity index (χ0v) is 26.4. The first kappa shape index (κ1) is 36.5. The minimum atomic E-state index is -4.21. The lowest BCUT2D eigenvalue weighted by Crippen LogP contribution is -2.43. The molecule has 232 valence electrons. The third-order valence-electron chi connectivity index (χ3n) is 7.73. The van der Waals surface area contributed by atoms with Gasteiger partial charge >= 0.3 is 13.8 Å². The van der Waals surface area contributed by atoms with Gasteiger partial charge in [0.25, 0.3) is 0 Å². The average molecular weight is 579 g/mol. The maximum absolute atomic E-state index is 12.2. The van der Waals surface area contributed by atoms with Gasteiger partial charge in [0.1, 0.15) is 19.3 Å². The Hall–Kier alpha value is -0.500. The van der Waals surface area contributed by atoms with E-state index in [1.54, 1.807) is 0 Å². The van der Waals surface area contributed by atoms with Crippen LogP contribution in [-0.4, -0.2) is 74.6 Å². The summed E-state index contributed by atoms with van der Waals surface area (Å²) in [6.45, 7) is 6.98. The lowest BCUT2D eigenvalue weighted by molar-refractivity contribution is -0.897. The minimum Gasteiger partial charge on any atom is -0.458 e. The molecule has 0 saturated carbocycles. The molecule has 1 N–H and O–H groups in total. The topological polar surface area (TPSA) is 91.3 Å². The van der Waals surface area contributed by atoms with Crippen molar-refractivity contribution in [1.29, 1.82) is 0 Å². The molecule has 1 rings (SSSR count). The van der Waals surface area contributed by atoms with E-state index in [1.165, 1.54) is 110 Å². The fourth-order valence-corrected chi connectivity index (χ4v) is 5.97. The molecule has 1 heterocycles. The third kappa shape index (κ3) is 21.9. The van der Waals surface area contributed by atoms with Crippen molar-refractivity contribution in [1.82, 2.24) is 0 Å². The van der Waals surface area contributed by atoms with Gasteiger partial charge in [0, 0.05) is 26.4 Å². The fourth-order valence-electron chi connectivity index (χ4n) is 5.23. The number of esters is 1. The standard InChI is InChI=1S/C30H60NO7P/c1-4-5-6-7-8-9-10-11-12-13-14-15-16-17-18-21-25-35-27-30(38-29(2)32)28-37-39(33,34)36-26-24-31(3)22-19-20-23-31/h30H,4-28H2,1-3H3/p+1/t30-/m1/s1. The second kappa shape index (κ2) is 23.1. The van der Waals surface area contributed by atoms with E-state index in [0.29, 0.717) is 13.2 Å². The number of carbonyl (C=O) groups is 1. The van der Waals surface area contributed by atoms with Gasteiger partial charge in [0.2, 0.25) is 0 Å². The highest BCUT2D eigenvalue weighted by Crippen LogP contribution is 2.43. The van der Waals surface area contributed by atoms with Crippen molar-refractivity contribution in [2.45, 2.75) is 136 Å². The Kier molecular flexibility index (Phi) is 21.6. The van der Waals surface area contributed by atoms with Crippen molar-refractivity contribution in [2.75, 3.05) is 53.1 Å². The highest BCUT2D eigenvalue weighted by Gasteiger charge is 2.30. The first-order valence-electron chi connectivity index (χ1n) is 16.0. The van der Waals surface area contributed by atoms with Crippen molar-refractivity contribution in [3.63, 3.8) is 0 Å². The van der Waals surface area contributed by atoms with Gasteiger partial charge in [0.15, 0.2) is 0 Å². The van der Waals surface area contributed by atoms with Crippen LogP contribution in [0.5, 0.6) is 0 Å². The van der Waals surface area contributed by atoms with Gasteiger partial charge in [-0.3, -0.25) is 13.8 Å². The molecule has 0 aromatic rings. The lowest BCUT2D eigenvalue weighted by atomic mass is 10.0. The predicted molar refractivity (Wildman–Crippen MR) is 158 cm³/mol. The zero-order chi connectivity index (χ0) is 28.7. The second-order valence-corrected chi connectivity index (χ2v) is 13.2. The summed E-state index contributed by atoms with van der Waals surface area (Å²) in [5.74, 6) is -0.477. The van der Waals surface area contributed by atoms with Crippen molar-refractivity contribution in [3.05, 3.63) is 0 Å². The van der Waals surface area contributed by atoms with Crippen molar-refractivity contribution < 1.29 is 37.3 Å². The molecule has 0 radical (unpaired) electrons. The van der Waals surface area contributed by atoms with E-state index in [-0.39, 0.29) is 19.8 Å². The van der Waals surface area contributed by atoms with Crippen LogP contribution in [0.25, 0.3) is 0 Å². The third-order valence-corrected chi connectivity index (χ3v) is 8.72. The molecule has 9 heteroatoms. The average Bonchev–Trinajstić information content (AvgIpc) is 3.32. The maximum atomic E-state index is 12.2. The summed E-state index contributed by atoms with van der Waals surface area (Å²) in [4.78, 5) is 21.4. The minimum absolute atomic E-state index is 0.132.